The molecule has 6 heteroatoms. The molecule has 0 fully saturated rings. The highest BCUT2D eigenvalue weighted by molar-refractivity contribution is 7.90. The maximum Gasteiger partial charge on any atom is 0.302 e. The van der Waals surface area contributed by atoms with Crippen molar-refractivity contribution in [2.75, 3.05) is 17.4 Å². The lowest BCUT2D eigenvalue weighted by atomic mass is 10.1. The van der Waals surface area contributed by atoms with Gasteiger partial charge in [-0.2, -0.15) is 13.1 Å². The lowest BCUT2D eigenvalue weighted by Gasteiger charge is -2.29. The summed E-state index contributed by atoms with van der Waals surface area (Å²) in [5, 5.41) is 0. The van der Waals surface area contributed by atoms with Crippen molar-refractivity contribution in [3.8, 4) is 0 Å². The van der Waals surface area contributed by atoms with Gasteiger partial charge in [-0.25, -0.2) is 0 Å². The number of hydrogen-bond donors (Lipinski definition) is 2. The van der Waals surface area contributed by atoms with E-state index in [1.54, 1.807) is 6.07 Å². The van der Waals surface area contributed by atoms with Crippen LogP contribution in [-0.2, 0) is 10.2 Å². The highest BCUT2D eigenvalue weighted by atomic mass is 32.2. The van der Waals surface area contributed by atoms with E-state index in [2.05, 4.69) is 4.72 Å². The van der Waals surface area contributed by atoms with Crippen LogP contribution in [-0.4, -0.2) is 27.0 Å². The van der Waals surface area contributed by atoms with Crippen molar-refractivity contribution in [1.29, 1.82) is 0 Å². The van der Waals surface area contributed by atoms with Crippen LogP contribution in [0, 0.1) is 6.92 Å². The molecule has 1 aromatic carbocycles. The summed E-state index contributed by atoms with van der Waals surface area (Å²) in [4.78, 5) is 0. The van der Waals surface area contributed by atoms with Gasteiger partial charge in [0.25, 0.3) is 0 Å². The van der Waals surface area contributed by atoms with Crippen molar-refractivity contribution >= 4 is 15.9 Å². The molecule has 0 saturated carbocycles. The molecule has 0 saturated heterocycles. The van der Waals surface area contributed by atoms with Crippen molar-refractivity contribution in [1.82, 2.24) is 4.72 Å². The molecule has 5 nitrogen and oxygen atoms in total. The first-order valence-electron chi connectivity index (χ1n) is 6.74. The largest absolute Gasteiger partial charge is 0.330 e. The predicted octanol–water partition coefficient (Wildman–Crippen LogP) is 1.78. The van der Waals surface area contributed by atoms with E-state index < -0.39 is 15.7 Å². The zero-order chi connectivity index (χ0) is 15.4. The zero-order valence-electron chi connectivity index (χ0n) is 12.7. The average Bonchev–Trinajstić information content (AvgIpc) is 2.26. The lowest BCUT2D eigenvalue weighted by molar-refractivity contribution is 0.488. The number of nitrogens with zero attached hydrogens (tertiary/aromatic N) is 1. The molecule has 0 radical (unpaired) electrons. The maximum absolute atomic E-state index is 12.5. The first kappa shape index (κ1) is 16.9. The number of aryl methyl sites for hydroxylation is 1. The van der Waals surface area contributed by atoms with Crippen LogP contribution in [0.2, 0.25) is 0 Å². The summed E-state index contributed by atoms with van der Waals surface area (Å²) >= 11 is 0. The summed E-state index contributed by atoms with van der Waals surface area (Å²) in [7, 11) is -3.59. The number of anilines is 1. The van der Waals surface area contributed by atoms with Gasteiger partial charge >= 0.3 is 10.2 Å². The first-order valence-corrected chi connectivity index (χ1v) is 8.18. The Labute approximate surface area is 122 Å². The summed E-state index contributed by atoms with van der Waals surface area (Å²) in [6.07, 6.45) is 0.610. The fraction of sp³-hybridized carbons (Fsp3) is 0.571. The van der Waals surface area contributed by atoms with E-state index >= 15 is 0 Å². The number of hydrogen-bond acceptors (Lipinski definition) is 3. The quantitative estimate of drug-likeness (QED) is 0.841. The van der Waals surface area contributed by atoms with Gasteiger partial charge in [0, 0.05) is 12.1 Å². The summed E-state index contributed by atoms with van der Waals surface area (Å²) in [6, 6.07) is 7.45. The van der Waals surface area contributed by atoms with E-state index in [1.165, 1.54) is 4.31 Å². The van der Waals surface area contributed by atoms with Gasteiger partial charge in [0.2, 0.25) is 0 Å². The van der Waals surface area contributed by atoms with Gasteiger partial charge in [-0.1, -0.05) is 12.1 Å². The van der Waals surface area contributed by atoms with Crippen molar-refractivity contribution < 1.29 is 8.42 Å². The summed E-state index contributed by atoms with van der Waals surface area (Å²) in [5.74, 6) is 0. The third-order valence-electron chi connectivity index (χ3n) is 2.58. The van der Waals surface area contributed by atoms with Gasteiger partial charge < -0.3 is 5.73 Å². The van der Waals surface area contributed by atoms with Crippen LogP contribution in [0.1, 0.15) is 32.8 Å². The van der Waals surface area contributed by atoms with E-state index in [0.29, 0.717) is 25.2 Å². The summed E-state index contributed by atoms with van der Waals surface area (Å²) < 4.78 is 29.1. The van der Waals surface area contributed by atoms with Crippen molar-refractivity contribution in [2.45, 2.75) is 39.7 Å². The maximum atomic E-state index is 12.5. The van der Waals surface area contributed by atoms with Gasteiger partial charge in [0.1, 0.15) is 0 Å². The van der Waals surface area contributed by atoms with E-state index in [9.17, 15) is 8.42 Å². The van der Waals surface area contributed by atoms with Gasteiger partial charge in [-0.15, -0.1) is 0 Å². The Morgan fingerprint density at radius 3 is 2.45 bits per heavy atom. The minimum Gasteiger partial charge on any atom is -0.330 e. The van der Waals surface area contributed by atoms with Crippen molar-refractivity contribution in [2.24, 2.45) is 5.73 Å². The number of rotatable bonds is 6. The molecule has 0 aliphatic rings. The zero-order valence-corrected chi connectivity index (χ0v) is 13.5. The number of nitrogens with one attached hydrogen (secondary N) is 1. The molecule has 0 aliphatic heterocycles. The van der Waals surface area contributed by atoms with E-state index in [-0.39, 0.29) is 0 Å². The molecule has 0 aromatic heterocycles. The molecule has 0 atom stereocenters. The van der Waals surface area contributed by atoms with Crippen molar-refractivity contribution in [3.63, 3.8) is 0 Å². The second-order valence-corrected chi connectivity index (χ2v) is 7.51. The molecule has 0 spiro atoms. The SMILES string of the molecule is Cc1cccc(N(CCCN)S(=O)(=O)NC(C)(C)C)c1. The molecule has 114 valence electrons. The molecule has 3 N–H and O–H groups in total. The van der Waals surface area contributed by atoms with Crippen LogP contribution in [0.15, 0.2) is 24.3 Å². The normalized spacial score (nSPS) is 12.4. The molecular formula is C14H25N3O2S. The first-order chi connectivity index (χ1) is 9.15. The Hall–Kier alpha value is -1.11. The molecule has 1 rings (SSSR count). The molecular weight excluding hydrogens is 274 g/mol. The molecule has 0 bridgehead atoms. The van der Waals surface area contributed by atoms with Crippen LogP contribution in [0.4, 0.5) is 5.69 Å². The molecule has 20 heavy (non-hydrogen) atoms. The van der Waals surface area contributed by atoms with Gasteiger partial charge in [-0.3, -0.25) is 4.31 Å². The van der Waals surface area contributed by atoms with Gasteiger partial charge in [0.15, 0.2) is 0 Å². The third kappa shape index (κ3) is 5.11. The third-order valence-corrected chi connectivity index (χ3v) is 4.42. The van der Waals surface area contributed by atoms with Gasteiger partial charge in [-0.05, 0) is 58.4 Å². The Kier molecular flexibility index (Phi) is 5.56. The average molecular weight is 299 g/mol. The smallest absolute Gasteiger partial charge is 0.302 e. The summed E-state index contributed by atoms with van der Waals surface area (Å²) in [6.45, 7) is 8.22. The van der Waals surface area contributed by atoms with E-state index in [4.69, 9.17) is 5.73 Å². The standard InChI is InChI=1S/C14H25N3O2S/c1-12-7-5-8-13(11-12)17(10-6-9-15)20(18,19)16-14(2,3)4/h5,7-8,11,16H,6,9-10,15H2,1-4H3. The Morgan fingerprint density at radius 2 is 1.95 bits per heavy atom. The fourth-order valence-corrected chi connectivity index (χ4v) is 3.49. The van der Waals surface area contributed by atoms with Crippen LogP contribution in [0.5, 0.6) is 0 Å². The Morgan fingerprint density at radius 1 is 1.30 bits per heavy atom. The lowest BCUT2D eigenvalue weighted by Crippen LogP contribution is -2.49. The highest BCUT2D eigenvalue weighted by Crippen LogP contribution is 2.20. The topological polar surface area (TPSA) is 75.4 Å². The molecule has 0 heterocycles. The molecule has 0 unspecified atom stereocenters. The predicted molar refractivity (Wildman–Crippen MR) is 84.0 cm³/mol. The Bertz CT molecular complexity index is 536. The summed E-state index contributed by atoms with van der Waals surface area (Å²) in [5.41, 5.74) is 6.67. The van der Waals surface area contributed by atoms with Crippen LogP contribution >= 0.6 is 0 Å². The number of nitrogens with two attached hydrogens (primary N) is 1. The van der Waals surface area contributed by atoms with E-state index in [1.807, 2.05) is 45.9 Å². The fourth-order valence-electron chi connectivity index (χ4n) is 1.85. The highest BCUT2D eigenvalue weighted by Gasteiger charge is 2.27. The van der Waals surface area contributed by atoms with Crippen LogP contribution < -0.4 is 14.8 Å². The molecule has 0 aliphatic carbocycles. The van der Waals surface area contributed by atoms with Crippen LogP contribution in [0.25, 0.3) is 0 Å². The van der Waals surface area contributed by atoms with E-state index in [0.717, 1.165) is 5.56 Å². The monoisotopic (exact) mass is 299 g/mol. The second-order valence-electron chi connectivity index (χ2n) is 5.91. The second kappa shape index (κ2) is 6.56. The Balaban J connectivity index is 3.12. The minimum atomic E-state index is -3.59. The van der Waals surface area contributed by atoms with Gasteiger partial charge in [0.05, 0.1) is 5.69 Å². The molecule has 0 amide bonds. The van der Waals surface area contributed by atoms with Crippen LogP contribution in [0.3, 0.4) is 0 Å². The van der Waals surface area contributed by atoms with Crippen molar-refractivity contribution in [3.05, 3.63) is 29.8 Å². The molecule has 1 aromatic rings. The number of benzene rings is 1. The minimum absolute atomic E-state index is 0.366.